The van der Waals surface area contributed by atoms with Crippen molar-refractivity contribution in [3.05, 3.63) is 54.1 Å². The molecule has 2 aromatic carbocycles. The Hall–Kier alpha value is -2.57. The number of hydrogen-bond donors (Lipinski definition) is 1. The Balaban J connectivity index is 1.52. The Labute approximate surface area is 167 Å². The van der Waals surface area contributed by atoms with Crippen LogP contribution in [0.15, 0.2) is 48.5 Å². The number of rotatable bonds is 7. The number of benzene rings is 2. The molecule has 1 N–H and O–H groups in total. The van der Waals surface area contributed by atoms with Crippen LogP contribution < -0.4 is 15.0 Å². The molecule has 6 heteroatoms. The molecule has 1 fully saturated rings. The fourth-order valence-electron chi connectivity index (χ4n) is 3.28. The van der Waals surface area contributed by atoms with E-state index in [1.54, 1.807) is 7.11 Å². The molecular weight excluding hydrogens is 354 g/mol. The lowest BCUT2D eigenvalue weighted by atomic mass is 10.1. The molecule has 1 amide bonds. The minimum absolute atomic E-state index is 0.0259. The monoisotopic (exact) mass is 383 g/mol. The van der Waals surface area contributed by atoms with Crippen molar-refractivity contribution in [1.29, 1.82) is 0 Å². The maximum Gasteiger partial charge on any atom is 0.238 e. The molecule has 0 aromatic heterocycles. The summed E-state index contributed by atoms with van der Waals surface area (Å²) in [6, 6.07) is 16.1. The van der Waals surface area contributed by atoms with Crippen LogP contribution in [0.25, 0.3) is 0 Å². The van der Waals surface area contributed by atoms with Crippen molar-refractivity contribution >= 4 is 17.3 Å². The fraction of sp³-hybridized carbons (Fsp3) is 0.409. The van der Waals surface area contributed by atoms with E-state index < -0.39 is 0 Å². The standard InChI is InChI=1S/C22H29N3O3/c1-17(18-4-10-21(27-3)11-5-18)24(2)16-22(26)23-19-6-8-20(9-7-19)25-12-14-28-15-13-25/h4-11,17H,12-16H2,1-3H3,(H,23,26)/t17-/m1/s1. The highest BCUT2D eigenvalue weighted by atomic mass is 16.5. The Kier molecular flexibility index (Phi) is 6.90. The number of nitrogens with zero attached hydrogens (tertiary/aromatic N) is 2. The molecule has 3 rings (SSSR count). The van der Waals surface area contributed by atoms with Gasteiger partial charge in [0.15, 0.2) is 0 Å². The Morgan fingerprint density at radius 1 is 1.14 bits per heavy atom. The van der Waals surface area contributed by atoms with E-state index in [2.05, 4.69) is 17.1 Å². The van der Waals surface area contributed by atoms with Crippen LogP contribution in [0.3, 0.4) is 0 Å². The highest BCUT2D eigenvalue weighted by molar-refractivity contribution is 5.92. The average Bonchev–Trinajstić information content (AvgIpc) is 2.74. The van der Waals surface area contributed by atoms with Gasteiger partial charge < -0.3 is 19.7 Å². The van der Waals surface area contributed by atoms with E-state index in [0.29, 0.717) is 6.54 Å². The van der Waals surface area contributed by atoms with Gasteiger partial charge in [0.1, 0.15) is 5.75 Å². The average molecular weight is 383 g/mol. The van der Waals surface area contributed by atoms with Gasteiger partial charge >= 0.3 is 0 Å². The van der Waals surface area contributed by atoms with Crippen molar-refractivity contribution in [2.75, 3.05) is 57.2 Å². The number of carbonyl (C=O) groups excluding carboxylic acids is 1. The van der Waals surface area contributed by atoms with Crippen molar-refractivity contribution in [3.63, 3.8) is 0 Å². The third-order valence-corrected chi connectivity index (χ3v) is 5.18. The molecule has 0 unspecified atom stereocenters. The first-order chi connectivity index (χ1) is 13.6. The quantitative estimate of drug-likeness (QED) is 0.796. The molecule has 0 saturated carbocycles. The van der Waals surface area contributed by atoms with Crippen LogP contribution in [-0.2, 0) is 9.53 Å². The Morgan fingerprint density at radius 2 is 1.79 bits per heavy atom. The number of carbonyl (C=O) groups is 1. The maximum atomic E-state index is 12.4. The second-order valence-electron chi connectivity index (χ2n) is 7.06. The van der Waals surface area contributed by atoms with Gasteiger partial charge in [-0.15, -0.1) is 0 Å². The van der Waals surface area contributed by atoms with Crippen LogP contribution in [0.1, 0.15) is 18.5 Å². The molecule has 0 radical (unpaired) electrons. The highest BCUT2D eigenvalue weighted by Crippen LogP contribution is 2.22. The van der Waals surface area contributed by atoms with Crippen molar-refractivity contribution in [3.8, 4) is 5.75 Å². The third-order valence-electron chi connectivity index (χ3n) is 5.18. The number of nitrogens with one attached hydrogen (secondary N) is 1. The molecule has 1 aliphatic rings. The summed E-state index contributed by atoms with van der Waals surface area (Å²) >= 11 is 0. The second kappa shape index (κ2) is 9.57. The first kappa shape index (κ1) is 20.2. The van der Waals surface area contributed by atoms with Gasteiger partial charge in [0.05, 0.1) is 26.9 Å². The van der Waals surface area contributed by atoms with Gasteiger partial charge in [0, 0.05) is 30.5 Å². The van der Waals surface area contributed by atoms with E-state index in [1.165, 1.54) is 0 Å². The lowest BCUT2D eigenvalue weighted by molar-refractivity contribution is -0.117. The van der Waals surface area contributed by atoms with Crippen LogP contribution >= 0.6 is 0 Å². The third kappa shape index (κ3) is 5.24. The maximum absolute atomic E-state index is 12.4. The van der Waals surface area contributed by atoms with Gasteiger partial charge in [0.2, 0.25) is 5.91 Å². The summed E-state index contributed by atoms with van der Waals surface area (Å²) in [4.78, 5) is 16.8. The summed E-state index contributed by atoms with van der Waals surface area (Å²) in [5.41, 5.74) is 3.12. The topological polar surface area (TPSA) is 54.0 Å². The molecule has 2 aromatic rings. The van der Waals surface area contributed by atoms with Crippen LogP contribution in [-0.4, -0.2) is 57.8 Å². The largest absolute Gasteiger partial charge is 0.497 e. The van der Waals surface area contributed by atoms with Gasteiger partial charge in [0.25, 0.3) is 0 Å². The highest BCUT2D eigenvalue weighted by Gasteiger charge is 2.16. The van der Waals surface area contributed by atoms with Crippen molar-refractivity contribution < 1.29 is 14.3 Å². The van der Waals surface area contributed by atoms with Crippen LogP contribution in [0.4, 0.5) is 11.4 Å². The first-order valence-electron chi connectivity index (χ1n) is 9.63. The van der Waals surface area contributed by atoms with Crippen LogP contribution in [0, 0.1) is 0 Å². The summed E-state index contributed by atoms with van der Waals surface area (Å²) in [7, 11) is 3.61. The van der Waals surface area contributed by atoms with E-state index >= 15 is 0 Å². The molecule has 6 nitrogen and oxygen atoms in total. The minimum Gasteiger partial charge on any atom is -0.497 e. The zero-order valence-electron chi connectivity index (χ0n) is 16.9. The number of anilines is 2. The fourth-order valence-corrected chi connectivity index (χ4v) is 3.28. The van der Waals surface area contributed by atoms with E-state index in [-0.39, 0.29) is 11.9 Å². The SMILES string of the molecule is COc1ccc([C@@H](C)N(C)CC(=O)Nc2ccc(N3CCOCC3)cc2)cc1. The molecule has 0 bridgehead atoms. The summed E-state index contributed by atoms with van der Waals surface area (Å²) in [6.45, 7) is 5.73. The van der Waals surface area contributed by atoms with Gasteiger partial charge in [-0.1, -0.05) is 12.1 Å². The van der Waals surface area contributed by atoms with Gasteiger partial charge in [-0.25, -0.2) is 0 Å². The summed E-state index contributed by atoms with van der Waals surface area (Å²) < 4.78 is 10.6. The predicted molar refractivity (Wildman–Crippen MR) is 112 cm³/mol. The van der Waals surface area contributed by atoms with Crippen molar-refractivity contribution in [2.24, 2.45) is 0 Å². The van der Waals surface area contributed by atoms with E-state index in [1.807, 2.05) is 60.5 Å². The predicted octanol–water partition coefficient (Wildman–Crippen LogP) is 3.16. The lowest BCUT2D eigenvalue weighted by Crippen LogP contribution is -2.36. The normalized spacial score (nSPS) is 15.4. The van der Waals surface area contributed by atoms with Crippen molar-refractivity contribution in [1.82, 2.24) is 4.90 Å². The molecule has 28 heavy (non-hydrogen) atoms. The summed E-state index contributed by atoms with van der Waals surface area (Å²) in [5.74, 6) is 0.804. The van der Waals surface area contributed by atoms with Gasteiger partial charge in [-0.2, -0.15) is 0 Å². The number of hydrogen-bond acceptors (Lipinski definition) is 5. The number of amides is 1. The van der Waals surface area contributed by atoms with Crippen LogP contribution in [0.5, 0.6) is 5.75 Å². The Bertz CT molecular complexity index is 756. The smallest absolute Gasteiger partial charge is 0.238 e. The number of methoxy groups -OCH3 is 1. The molecule has 1 heterocycles. The van der Waals surface area contributed by atoms with E-state index in [4.69, 9.17) is 9.47 Å². The molecular formula is C22H29N3O3. The molecule has 0 aliphatic carbocycles. The zero-order valence-corrected chi connectivity index (χ0v) is 16.9. The van der Waals surface area contributed by atoms with E-state index in [9.17, 15) is 4.79 Å². The first-order valence-corrected chi connectivity index (χ1v) is 9.63. The van der Waals surface area contributed by atoms with E-state index in [0.717, 1.165) is 49.0 Å². The van der Waals surface area contributed by atoms with Gasteiger partial charge in [-0.05, 0) is 55.9 Å². The molecule has 0 spiro atoms. The van der Waals surface area contributed by atoms with Gasteiger partial charge in [-0.3, -0.25) is 9.69 Å². The molecule has 1 atom stereocenters. The number of morpholine rings is 1. The lowest BCUT2D eigenvalue weighted by Gasteiger charge is -2.29. The molecule has 1 saturated heterocycles. The van der Waals surface area contributed by atoms with Crippen molar-refractivity contribution in [2.45, 2.75) is 13.0 Å². The molecule has 1 aliphatic heterocycles. The Morgan fingerprint density at radius 3 is 2.39 bits per heavy atom. The zero-order chi connectivity index (χ0) is 19.9. The number of likely N-dealkylation sites (N-methyl/N-ethyl adjacent to an activating group) is 1. The summed E-state index contributed by atoms with van der Waals surface area (Å²) in [6.07, 6.45) is 0. The molecule has 150 valence electrons. The second-order valence-corrected chi connectivity index (χ2v) is 7.06. The van der Waals surface area contributed by atoms with Crippen LogP contribution in [0.2, 0.25) is 0 Å². The minimum atomic E-state index is -0.0259. The number of ether oxygens (including phenoxy) is 2. The summed E-state index contributed by atoms with van der Waals surface area (Å²) in [5, 5.41) is 2.98.